The molecule has 0 aromatic carbocycles. The maximum atomic E-state index is 4.27. The molecule has 0 radical (unpaired) electrons. The number of rotatable bonds is 7. The number of hydrogen-bond acceptors (Lipinski definition) is 4. The van der Waals surface area contributed by atoms with E-state index in [1.807, 2.05) is 23.7 Å². The molecule has 3 nitrogen and oxygen atoms in total. The highest BCUT2D eigenvalue weighted by Crippen LogP contribution is 2.23. The van der Waals surface area contributed by atoms with Crippen LogP contribution >= 0.6 is 11.3 Å². The Labute approximate surface area is 125 Å². The summed E-state index contributed by atoms with van der Waals surface area (Å²) >= 11 is 1.81. The monoisotopic (exact) mass is 289 g/mol. The zero-order valence-electron chi connectivity index (χ0n) is 12.5. The van der Waals surface area contributed by atoms with Gasteiger partial charge in [0.05, 0.1) is 6.54 Å². The van der Waals surface area contributed by atoms with Crippen LogP contribution in [-0.2, 0) is 13.1 Å². The van der Waals surface area contributed by atoms with Crippen molar-refractivity contribution in [3.8, 4) is 0 Å². The molecule has 0 saturated heterocycles. The SMILES string of the molecule is CCN(Cc1cccs1)c1ccncc1CNC(C)C. The first-order valence-corrected chi connectivity index (χ1v) is 8.02. The van der Waals surface area contributed by atoms with Crippen molar-refractivity contribution in [1.29, 1.82) is 0 Å². The lowest BCUT2D eigenvalue weighted by atomic mass is 10.2. The molecule has 0 amide bonds. The summed E-state index contributed by atoms with van der Waals surface area (Å²) in [7, 11) is 0. The first-order valence-electron chi connectivity index (χ1n) is 7.14. The van der Waals surface area contributed by atoms with Crippen molar-refractivity contribution in [3.63, 3.8) is 0 Å². The van der Waals surface area contributed by atoms with E-state index in [1.54, 1.807) is 0 Å². The Morgan fingerprint density at radius 2 is 2.20 bits per heavy atom. The predicted molar refractivity (Wildman–Crippen MR) is 87.3 cm³/mol. The molecule has 0 aliphatic carbocycles. The highest BCUT2D eigenvalue weighted by Gasteiger charge is 2.11. The molecule has 0 unspecified atom stereocenters. The molecule has 2 aromatic rings. The molecule has 0 fully saturated rings. The van der Waals surface area contributed by atoms with E-state index >= 15 is 0 Å². The number of thiophene rings is 1. The van der Waals surface area contributed by atoms with Gasteiger partial charge in [0.15, 0.2) is 0 Å². The van der Waals surface area contributed by atoms with Crippen LogP contribution in [0.3, 0.4) is 0 Å². The molecule has 4 heteroatoms. The van der Waals surface area contributed by atoms with E-state index < -0.39 is 0 Å². The zero-order chi connectivity index (χ0) is 14.4. The molecule has 2 heterocycles. The molecule has 2 rings (SSSR count). The van der Waals surface area contributed by atoms with Gasteiger partial charge in [-0.25, -0.2) is 0 Å². The fourth-order valence-electron chi connectivity index (χ4n) is 2.14. The molecule has 0 spiro atoms. The van der Waals surface area contributed by atoms with Gasteiger partial charge in [-0.1, -0.05) is 19.9 Å². The second kappa shape index (κ2) is 7.41. The van der Waals surface area contributed by atoms with Crippen molar-refractivity contribution in [3.05, 3.63) is 46.4 Å². The standard InChI is InChI=1S/C16H23N3S/c1-4-19(12-15-6-5-9-20-15)16-7-8-17-10-14(16)11-18-13(2)3/h5-10,13,18H,4,11-12H2,1-3H3. The molecule has 0 aliphatic rings. The third kappa shape index (κ3) is 4.05. The van der Waals surface area contributed by atoms with E-state index in [-0.39, 0.29) is 0 Å². The number of anilines is 1. The summed E-state index contributed by atoms with van der Waals surface area (Å²) in [6, 6.07) is 6.91. The van der Waals surface area contributed by atoms with Crippen molar-refractivity contribution in [1.82, 2.24) is 10.3 Å². The van der Waals surface area contributed by atoms with E-state index in [2.05, 4.69) is 59.6 Å². The van der Waals surface area contributed by atoms with Crippen molar-refractivity contribution in [2.24, 2.45) is 0 Å². The van der Waals surface area contributed by atoms with Crippen molar-refractivity contribution in [2.75, 3.05) is 11.4 Å². The van der Waals surface area contributed by atoms with Gasteiger partial charge < -0.3 is 10.2 Å². The molecule has 0 saturated carbocycles. The number of hydrogen-bond donors (Lipinski definition) is 1. The maximum absolute atomic E-state index is 4.27. The topological polar surface area (TPSA) is 28.2 Å². The summed E-state index contributed by atoms with van der Waals surface area (Å²) < 4.78 is 0. The molecule has 0 aliphatic heterocycles. The highest BCUT2D eigenvalue weighted by molar-refractivity contribution is 7.09. The molecule has 108 valence electrons. The molecule has 0 bridgehead atoms. The Kier molecular flexibility index (Phi) is 5.56. The molecule has 2 aromatic heterocycles. The lowest BCUT2D eigenvalue weighted by Crippen LogP contribution is -2.26. The third-order valence-electron chi connectivity index (χ3n) is 3.23. The molecular formula is C16H23N3S. The molecule has 20 heavy (non-hydrogen) atoms. The lowest BCUT2D eigenvalue weighted by Gasteiger charge is -2.25. The summed E-state index contributed by atoms with van der Waals surface area (Å²) in [6.07, 6.45) is 3.85. The summed E-state index contributed by atoms with van der Waals surface area (Å²) in [5.41, 5.74) is 2.55. The normalized spacial score (nSPS) is 11.0. The maximum Gasteiger partial charge on any atom is 0.0522 e. The minimum absolute atomic E-state index is 0.482. The quantitative estimate of drug-likeness (QED) is 0.843. The van der Waals surface area contributed by atoms with E-state index in [0.29, 0.717) is 6.04 Å². The third-order valence-corrected chi connectivity index (χ3v) is 4.09. The minimum atomic E-state index is 0.482. The lowest BCUT2D eigenvalue weighted by molar-refractivity contribution is 0.587. The van der Waals surface area contributed by atoms with Crippen LogP contribution in [0.25, 0.3) is 0 Å². The number of pyridine rings is 1. The van der Waals surface area contributed by atoms with Crippen LogP contribution in [0.5, 0.6) is 0 Å². The highest BCUT2D eigenvalue weighted by atomic mass is 32.1. The average molecular weight is 289 g/mol. The van der Waals surface area contributed by atoms with E-state index in [4.69, 9.17) is 0 Å². The number of nitrogens with one attached hydrogen (secondary N) is 1. The van der Waals surface area contributed by atoms with Gasteiger partial charge >= 0.3 is 0 Å². The van der Waals surface area contributed by atoms with Gasteiger partial charge in [0.2, 0.25) is 0 Å². The van der Waals surface area contributed by atoms with Crippen LogP contribution in [0.2, 0.25) is 0 Å². The Balaban J connectivity index is 2.16. The fraction of sp³-hybridized carbons (Fsp3) is 0.438. The molecule has 0 atom stereocenters. The summed E-state index contributed by atoms with van der Waals surface area (Å²) in [4.78, 5) is 8.08. The van der Waals surface area contributed by atoms with Gasteiger partial charge in [-0.05, 0) is 24.4 Å². The predicted octanol–water partition coefficient (Wildman–Crippen LogP) is 3.67. The van der Waals surface area contributed by atoms with Crippen LogP contribution in [0.1, 0.15) is 31.2 Å². The Morgan fingerprint density at radius 3 is 2.85 bits per heavy atom. The average Bonchev–Trinajstić information content (AvgIpc) is 2.96. The summed E-state index contributed by atoms with van der Waals surface area (Å²) in [5.74, 6) is 0. The van der Waals surface area contributed by atoms with Gasteiger partial charge in [-0.3, -0.25) is 4.98 Å². The van der Waals surface area contributed by atoms with Crippen molar-refractivity contribution >= 4 is 17.0 Å². The smallest absolute Gasteiger partial charge is 0.0522 e. The summed E-state index contributed by atoms with van der Waals surface area (Å²) in [5, 5.41) is 5.61. The second-order valence-electron chi connectivity index (χ2n) is 5.13. The van der Waals surface area contributed by atoms with Crippen LogP contribution in [0.4, 0.5) is 5.69 Å². The molecule has 1 N–H and O–H groups in total. The van der Waals surface area contributed by atoms with Gasteiger partial charge in [-0.15, -0.1) is 11.3 Å². The van der Waals surface area contributed by atoms with Gasteiger partial charge in [0, 0.05) is 47.7 Å². The van der Waals surface area contributed by atoms with Crippen LogP contribution in [0.15, 0.2) is 36.0 Å². The van der Waals surface area contributed by atoms with Gasteiger partial charge in [-0.2, -0.15) is 0 Å². The number of nitrogens with zero attached hydrogens (tertiary/aromatic N) is 2. The Hall–Kier alpha value is -1.39. The largest absolute Gasteiger partial charge is 0.366 e. The number of aromatic nitrogens is 1. The van der Waals surface area contributed by atoms with Crippen molar-refractivity contribution in [2.45, 2.75) is 39.9 Å². The minimum Gasteiger partial charge on any atom is -0.366 e. The summed E-state index contributed by atoms with van der Waals surface area (Å²) in [6.45, 7) is 9.36. The first kappa shape index (κ1) is 15.0. The van der Waals surface area contributed by atoms with Gasteiger partial charge in [0.1, 0.15) is 0 Å². The second-order valence-corrected chi connectivity index (χ2v) is 6.17. The first-order chi connectivity index (χ1) is 9.70. The van der Waals surface area contributed by atoms with Crippen LogP contribution in [0, 0.1) is 0 Å². The van der Waals surface area contributed by atoms with Crippen molar-refractivity contribution < 1.29 is 0 Å². The Bertz CT molecular complexity index is 508. The van der Waals surface area contributed by atoms with Crippen LogP contribution in [-0.4, -0.2) is 17.6 Å². The zero-order valence-corrected chi connectivity index (χ0v) is 13.3. The fourth-order valence-corrected chi connectivity index (χ4v) is 2.86. The van der Waals surface area contributed by atoms with Crippen LogP contribution < -0.4 is 10.2 Å². The molecular weight excluding hydrogens is 266 g/mol. The van der Waals surface area contributed by atoms with Gasteiger partial charge in [0.25, 0.3) is 0 Å². The van der Waals surface area contributed by atoms with E-state index in [1.165, 1.54) is 16.1 Å². The van der Waals surface area contributed by atoms with E-state index in [0.717, 1.165) is 19.6 Å². The Morgan fingerprint density at radius 1 is 1.35 bits per heavy atom. The van der Waals surface area contributed by atoms with E-state index in [9.17, 15) is 0 Å².